The summed E-state index contributed by atoms with van der Waals surface area (Å²) in [6.45, 7) is 1.48. The van der Waals surface area contributed by atoms with Gasteiger partial charge >= 0.3 is 0 Å². The molecule has 1 aliphatic rings. The highest BCUT2D eigenvalue weighted by atomic mass is 16.7. The first kappa shape index (κ1) is 14.6. The van der Waals surface area contributed by atoms with Crippen molar-refractivity contribution in [1.29, 1.82) is 0 Å². The third kappa shape index (κ3) is 3.84. The van der Waals surface area contributed by atoms with Crippen molar-refractivity contribution in [2.75, 3.05) is 19.8 Å². The number of nitrogens with one attached hydrogen (secondary N) is 1. The summed E-state index contributed by atoms with van der Waals surface area (Å²) in [5.41, 5.74) is 0.534. The molecule has 3 rings (SSSR count). The van der Waals surface area contributed by atoms with Gasteiger partial charge in [0.25, 0.3) is 5.91 Å². The van der Waals surface area contributed by atoms with Gasteiger partial charge in [-0.3, -0.25) is 4.79 Å². The molecule has 0 aliphatic carbocycles. The Balaban J connectivity index is 1.61. The van der Waals surface area contributed by atoms with Gasteiger partial charge < -0.3 is 19.5 Å². The van der Waals surface area contributed by atoms with Crippen molar-refractivity contribution in [2.45, 2.75) is 6.29 Å². The van der Waals surface area contributed by atoms with Gasteiger partial charge in [-0.2, -0.15) is 0 Å². The minimum absolute atomic E-state index is 0.183. The molecule has 0 unspecified atom stereocenters. The normalized spacial score (nSPS) is 14.7. The Morgan fingerprint density at radius 3 is 2.55 bits per heavy atom. The number of hydrogen-bond acceptors (Lipinski definition) is 4. The van der Waals surface area contributed by atoms with E-state index in [1.54, 1.807) is 18.2 Å². The van der Waals surface area contributed by atoms with Crippen LogP contribution in [0.25, 0.3) is 0 Å². The molecule has 1 aliphatic heterocycles. The predicted molar refractivity (Wildman–Crippen MR) is 81.0 cm³/mol. The smallest absolute Gasteiger partial charge is 0.251 e. The summed E-state index contributed by atoms with van der Waals surface area (Å²) >= 11 is 0. The first-order valence-corrected chi connectivity index (χ1v) is 7.15. The zero-order valence-electron chi connectivity index (χ0n) is 12.0. The highest BCUT2D eigenvalue weighted by molar-refractivity contribution is 5.94. The van der Waals surface area contributed by atoms with E-state index in [-0.39, 0.29) is 12.2 Å². The lowest BCUT2D eigenvalue weighted by atomic mass is 10.2. The molecule has 0 radical (unpaired) electrons. The van der Waals surface area contributed by atoms with E-state index >= 15 is 0 Å². The molecule has 22 heavy (non-hydrogen) atoms. The first-order chi connectivity index (χ1) is 10.8. The van der Waals surface area contributed by atoms with Crippen LogP contribution in [0.1, 0.15) is 10.4 Å². The quantitative estimate of drug-likeness (QED) is 0.922. The number of rotatable bonds is 5. The van der Waals surface area contributed by atoms with Gasteiger partial charge in [0.15, 0.2) is 6.29 Å². The molecule has 0 aromatic heterocycles. The maximum Gasteiger partial charge on any atom is 0.251 e. The Hall–Kier alpha value is -2.37. The number of para-hydroxylation sites is 1. The van der Waals surface area contributed by atoms with Crippen molar-refractivity contribution >= 4 is 5.91 Å². The fourth-order valence-electron chi connectivity index (χ4n) is 2.13. The molecule has 0 saturated carbocycles. The maximum atomic E-state index is 12.1. The van der Waals surface area contributed by atoms with Gasteiger partial charge in [-0.15, -0.1) is 0 Å². The molecular weight excluding hydrogens is 282 g/mol. The zero-order valence-corrected chi connectivity index (χ0v) is 12.0. The fraction of sp³-hybridized carbons (Fsp3) is 0.235. The predicted octanol–water partition coefficient (Wildman–Crippen LogP) is 2.58. The van der Waals surface area contributed by atoms with Crippen molar-refractivity contribution in [2.24, 2.45) is 0 Å². The lowest BCUT2D eigenvalue weighted by Crippen LogP contribution is -2.32. The Morgan fingerprint density at radius 1 is 1.05 bits per heavy atom. The Bertz CT molecular complexity index is 624. The third-order valence-corrected chi connectivity index (χ3v) is 3.20. The van der Waals surface area contributed by atoms with Gasteiger partial charge in [-0.25, -0.2) is 0 Å². The van der Waals surface area contributed by atoms with Crippen LogP contribution < -0.4 is 10.1 Å². The summed E-state index contributed by atoms with van der Waals surface area (Å²) in [7, 11) is 0. The fourth-order valence-corrected chi connectivity index (χ4v) is 2.13. The van der Waals surface area contributed by atoms with Crippen molar-refractivity contribution in [3.8, 4) is 11.5 Å². The molecule has 1 heterocycles. The summed E-state index contributed by atoms with van der Waals surface area (Å²) in [4.78, 5) is 12.1. The second kappa shape index (κ2) is 7.06. The number of amides is 1. The standard InChI is InChI=1S/C17H17NO4/c19-17(18-12-16-20-9-10-21-16)13-5-4-8-15(11-13)22-14-6-2-1-3-7-14/h1-8,11,16H,9-10,12H2,(H,18,19). The highest BCUT2D eigenvalue weighted by Gasteiger charge is 2.17. The highest BCUT2D eigenvalue weighted by Crippen LogP contribution is 2.21. The summed E-state index contributed by atoms with van der Waals surface area (Å²) in [6.07, 6.45) is -0.354. The molecule has 0 spiro atoms. The van der Waals surface area contributed by atoms with E-state index in [2.05, 4.69) is 5.32 Å². The summed E-state index contributed by atoms with van der Waals surface area (Å²) in [5.74, 6) is 1.16. The van der Waals surface area contributed by atoms with Crippen LogP contribution >= 0.6 is 0 Å². The molecule has 5 heteroatoms. The number of hydrogen-bond donors (Lipinski definition) is 1. The molecule has 0 atom stereocenters. The summed E-state index contributed by atoms with van der Waals surface area (Å²) in [5, 5.41) is 2.79. The summed E-state index contributed by atoms with van der Waals surface area (Å²) in [6, 6.07) is 16.5. The second-order valence-electron chi connectivity index (χ2n) is 4.82. The molecule has 2 aromatic rings. The van der Waals surface area contributed by atoms with E-state index in [0.717, 1.165) is 5.75 Å². The molecule has 1 amide bonds. The second-order valence-corrected chi connectivity index (χ2v) is 4.82. The third-order valence-electron chi connectivity index (χ3n) is 3.20. The van der Waals surface area contributed by atoms with Crippen LogP contribution in [0.15, 0.2) is 54.6 Å². The Kier molecular flexibility index (Phi) is 4.68. The molecule has 5 nitrogen and oxygen atoms in total. The van der Waals surface area contributed by atoms with Crippen LogP contribution in [0.4, 0.5) is 0 Å². The zero-order chi connectivity index (χ0) is 15.2. The lowest BCUT2D eigenvalue weighted by Gasteiger charge is -2.11. The van der Waals surface area contributed by atoms with Crippen LogP contribution in [0.2, 0.25) is 0 Å². The van der Waals surface area contributed by atoms with E-state index in [9.17, 15) is 4.79 Å². The van der Waals surface area contributed by atoms with E-state index in [1.807, 2.05) is 36.4 Å². The largest absolute Gasteiger partial charge is 0.457 e. The van der Waals surface area contributed by atoms with Gasteiger partial charge in [0.2, 0.25) is 0 Å². The first-order valence-electron chi connectivity index (χ1n) is 7.15. The van der Waals surface area contributed by atoms with Crippen LogP contribution in [0.3, 0.4) is 0 Å². The minimum atomic E-state index is -0.354. The monoisotopic (exact) mass is 299 g/mol. The molecule has 1 saturated heterocycles. The molecule has 0 bridgehead atoms. The molecule has 114 valence electrons. The SMILES string of the molecule is O=C(NCC1OCCO1)c1cccc(Oc2ccccc2)c1. The van der Waals surface area contributed by atoms with Crippen molar-refractivity contribution in [1.82, 2.24) is 5.32 Å². The van der Waals surface area contributed by atoms with Crippen LogP contribution in [-0.2, 0) is 9.47 Å². The molecule has 1 N–H and O–H groups in total. The molecule has 2 aromatic carbocycles. The van der Waals surface area contributed by atoms with Crippen molar-refractivity contribution in [3.63, 3.8) is 0 Å². The molecular formula is C17H17NO4. The van der Waals surface area contributed by atoms with Gasteiger partial charge in [0, 0.05) is 5.56 Å². The number of carbonyl (C=O) groups excluding carboxylic acids is 1. The number of benzene rings is 2. The van der Waals surface area contributed by atoms with Gasteiger partial charge in [0.1, 0.15) is 11.5 Å². The number of carbonyl (C=O) groups is 1. The van der Waals surface area contributed by atoms with Crippen LogP contribution in [0, 0.1) is 0 Å². The lowest BCUT2D eigenvalue weighted by molar-refractivity contribution is -0.0379. The van der Waals surface area contributed by atoms with Gasteiger partial charge in [0.05, 0.1) is 19.8 Å². The number of ether oxygens (including phenoxy) is 3. The maximum absolute atomic E-state index is 12.1. The van der Waals surface area contributed by atoms with Gasteiger partial charge in [-0.05, 0) is 30.3 Å². The van der Waals surface area contributed by atoms with Crippen molar-refractivity contribution < 1.29 is 19.0 Å². The minimum Gasteiger partial charge on any atom is -0.457 e. The van der Waals surface area contributed by atoms with E-state index in [0.29, 0.717) is 31.1 Å². The Morgan fingerprint density at radius 2 is 1.77 bits per heavy atom. The Labute approximate surface area is 128 Å². The average molecular weight is 299 g/mol. The summed E-state index contributed by atoms with van der Waals surface area (Å²) < 4.78 is 16.3. The average Bonchev–Trinajstić information content (AvgIpc) is 3.07. The topological polar surface area (TPSA) is 56.8 Å². The van der Waals surface area contributed by atoms with Gasteiger partial charge in [-0.1, -0.05) is 24.3 Å². The van der Waals surface area contributed by atoms with E-state index in [4.69, 9.17) is 14.2 Å². The molecule has 1 fully saturated rings. The van der Waals surface area contributed by atoms with Crippen molar-refractivity contribution in [3.05, 3.63) is 60.2 Å². The van der Waals surface area contributed by atoms with E-state index in [1.165, 1.54) is 0 Å². The van der Waals surface area contributed by atoms with Crippen LogP contribution in [-0.4, -0.2) is 32.0 Å². The van der Waals surface area contributed by atoms with E-state index < -0.39 is 0 Å². The van der Waals surface area contributed by atoms with Crippen LogP contribution in [0.5, 0.6) is 11.5 Å².